The second kappa shape index (κ2) is 6.97. The molecule has 4 nitrogen and oxygen atoms in total. The summed E-state index contributed by atoms with van der Waals surface area (Å²) in [6, 6.07) is 13.8. The van der Waals surface area contributed by atoms with Crippen molar-refractivity contribution in [2.24, 2.45) is 0 Å². The van der Waals surface area contributed by atoms with Crippen LogP contribution in [0.15, 0.2) is 54.7 Å². The number of benzene rings is 2. The first-order valence-corrected chi connectivity index (χ1v) is 8.23. The van der Waals surface area contributed by atoms with Crippen LogP contribution in [0.2, 0.25) is 0 Å². The van der Waals surface area contributed by atoms with Gasteiger partial charge < -0.3 is 10.1 Å². The molecule has 2 aromatic carbocycles. The van der Waals surface area contributed by atoms with Crippen LogP contribution in [0.4, 0.5) is 10.1 Å². The Labute approximate surface area is 147 Å². The molecule has 0 bridgehead atoms. The van der Waals surface area contributed by atoms with E-state index in [2.05, 4.69) is 36.3 Å². The van der Waals surface area contributed by atoms with Crippen LogP contribution in [-0.2, 0) is 12.0 Å². The van der Waals surface area contributed by atoms with Gasteiger partial charge in [0.25, 0.3) is 0 Å². The molecule has 0 radical (unpaired) electrons. The minimum Gasteiger partial charge on any atom is -0.454 e. The van der Waals surface area contributed by atoms with Crippen LogP contribution in [0, 0.1) is 5.82 Å². The number of para-hydroxylation sites is 1. The van der Waals surface area contributed by atoms with Crippen LogP contribution in [0.3, 0.4) is 0 Å². The average molecular weight is 339 g/mol. The van der Waals surface area contributed by atoms with Gasteiger partial charge in [0.2, 0.25) is 0 Å². The maximum absolute atomic E-state index is 13.6. The number of halogens is 1. The molecule has 0 aliphatic heterocycles. The lowest BCUT2D eigenvalue weighted by Crippen LogP contribution is -2.15. The number of aromatic nitrogens is 2. The van der Waals surface area contributed by atoms with Crippen LogP contribution in [0.25, 0.3) is 0 Å². The van der Waals surface area contributed by atoms with E-state index < -0.39 is 0 Å². The second-order valence-electron chi connectivity index (χ2n) is 6.92. The number of anilines is 1. The van der Waals surface area contributed by atoms with Gasteiger partial charge in [0, 0.05) is 29.4 Å². The smallest absolute Gasteiger partial charge is 0.165 e. The van der Waals surface area contributed by atoms with Gasteiger partial charge in [-0.15, -0.1) is 0 Å². The predicted octanol–water partition coefficient (Wildman–Crippen LogP) is 5.25. The molecule has 0 saturated carbocycles. The first kappa shape index (κ1) is 17.0. The number of nitrogens with zero attached hydrogens (tertiary/aromatic N) is 1. The SMILES string of the molecule is CC(C)(C)c1n[nH]cc1CNc1ccc(Oc2ccccc2F)cc1. The van der Waals surface area contributed by atoms with Gasteiger partial charge in [0.15, 0.2) is 11.6 Å². The van der Waals surface area contributed by atoms with E-state index in [1.54, 1.807) is 18.2 Å². The maximum Gasteiger partial charge on any atom is 0.165 e. The highest BCUT2D eigenvalue weighted by atomic mass is 19.1. The number of aromatic amines is 1. The highest BCUT2D eigenvalue weighted by molar-refractivity contribution is 5.48. The number of ether oxygens (including phenoxy) is 1. The average Bonchev–Trinajstić information content (AvgIpc) is 3.05. The van der Waals surface area contributed by atoms with E-state index in [0.717, 1.165) is 16.9 Å². The molecule has 1 heterocycles. The van der Waals surface area contributed by atoms with Crippen molar-refractivity contribution in [1.29, 1.82) is 0 Å². The normalized spacial score (nSPS) is 11.4. The van der Waals surface area contributed by atoms with Gasteiger partial charge in [-0.3, -0.25) is 5.10 Å². The van der Waals surface area contributed by atoms with Crippen LogP contribution >= 0.6 is 0 Å². The van der Waals surface area contributed by atoms with Gasteiger partial charge in [0.1, 0.15) is 5.75 Å². The molecule has 0 aliphatic carbocycles. The molecule has 5 heteroatoms. The Morgan fingerprint density at radius 2 is 1.80 bits per heavy atom. The van der Waals surface area contributed by atoms with Gasteiger partial charge in [-0.25, -0.2) is 4.39 Å². The minimum absolute atomic E-state index is 0.00549. The van der Waals surface area contributed by atoms with Crippen LogP contribution in [0.1, 0.15) is 32.0 Å². The molecule has 0 unspecified atom stereocenters. The van der Waals surface area contributed by atoms with Gasteiger partial charge >= 0.3 is 0 Å². The first-order chi connectivity index (χ1) is 11.9. The molecule has 0 saturated heterocycles. The highest BCUT2D eigenvalue weighted by Crippen LogP contribution is 2.26. The van der Waals surface area contributed by atoms with Crippen molar-refractivity contribution >= 4 is 5.69 Å². The largest absolute Gasteiger partial charge is 0.454 e. The summed E-state index contributed by atoms with van der Waals surface area (Å²) < 4.78 is 19.2. The fourth-order valence-corrected chi connectivity index (χ4v) is 2.59. The van der Waals surface area contributed by atoms with E-state index in [1.165, 1.54) is 6.07 Å². The second-order valence-corrected chi connectivity index (χ2v) is 6.92. The van der Waals surface area contributed by atoms with Crippen LogP contribution in [-0.4, -0.2) is 10.2 Å². The standard InChI is InChI=1S/C20H22FN3O/c1-20(2,3)19-14(13-23-24-19)12-22-15-8-10-16(11-9-15)25-18-7-5-4-6-17(18)21/h4-11,13,22H,12H2,1-3H3,(H,23,24). The van der Waals surface area contributed by atoms with Crippen molar-refractivity contribution in [2.75, 3.05) is 5.32 Å². The van der Waals surface area contributed by atoms with Gasteiger partial charge in [0.05, 0.1) is 5.69 Å². The van der Waals surface area contributed by atoms with Crippen LogP contribution in [0.5, 0.6) is 11.5 Å². The molecule has 130 valence electrons. The van der Waals surface area contributed by atoms with Crippen molar-refractivity contribution in [3.8, 4) is 11.5 Å². The van der Waals surface area contributed by atoms with Gasteiger partial charge in [-0.05, 0) is 36.4 Å². The van der Waals surface area contributed by atoms with Crippen molar-refractivity contribution in [1.82, 2.24) is 10.2 Å². The zero-order chi connectivity index (χ0) is 17.9. The number of hydrogen-bond donors (Lipinski definition) is 2. The Hall–Kier alpha value is -2.82. The summed E-state index contributed by atoms with van der Waals surface area (Å²) in [5.41, 5.74) is 3.15. The summed E-state index contributed by atoms with van der Waals surface area (Å²) in [5.74, 6) is 0.435. The Kier molecular flexibility index (Phi) is 4.74. The fourth-order valence-electron chi connectivity index (χ4n) is 2.59. The van der Waals surface area contributed by atoms with Crippen molar-refractivity contribution in [3.05, 3.63) is 71.8 Å². The summed E-state index contributed by atoms with van der Waals surface area (Å²) in [6.07, 6.45) is 1.92. The molecule has 0 amide bonds. The third-order valence-corrected chi connectivity index (χ3v) is 3.83. The lowest BCUT2D eigenvalue weighted by atomic mass is 9.89. The Morgan fingerprint density at radius 1 is 1.08 bits per heavy atom. The lowest BCUT2D eigenvalue weighted by molar-refractivity contribution is 0.442. The Balaban J connectivity index is 1.64. The summed E-state index contributed by atoms with van der Waals surface area (Å²) in [4.78, 5) is 0. The number of rotatable bonds is 5. The Morgan fingerprint density at radius 3 is 2.48 bits per heavy atom. The monoisotopic (exact) mass is 339 g/mol. The van der Waals surface area contributed by atoms with E-state index in [4.69, 9.17) is 4.74 Å². The van der Waals surface area contributed by atoms with Crippen molar-refractivity contribution in [3.63, 3.8) is 0 Å². The zero-order valence-corrected chi connectivity index (χ0v) is 14.6. The van der Waals surface area contributed by atoms with Gasteiger partial charge in [-0.1, -0.05) is 32.9 Å². The molecule has 25 heavy (non-hydrogen) atoms. The number of nitrogens with one attached hydrogen (secondary N) is 2. The topological polar surface area (TPSA) is 49.9 Å². The Bertz CT molecular complexity index is 835. The molecule has 0 atom stereocenters. The van der Waals surface area contributed by atoms with Crippen molar-refractivity contribution in [2.45, 2.75) is 32.7 Å². The molecular weight excluding hydrogens is 317 g/mol. The lowest BCUT2D eigenvalue weighted by Gasteiger charge is -2.17. The molecule has 0 spiro atoms. The van der Waals surface area contributed by atoms with Crippen LogP contribution < -0.4 is 10.1 Å². The molecule has 3 aromatic rings. The zero-order valence-electron chi connectivity index (χ0n) is 14.6. The molecule has 0 aliphatic rings. The number of hydrogen-bond acceptors (Lipinski definition) is 3. The third kappa shape index (κ3) is 4.18. The predicted molar refractivity (Wildman–Crippen MR) is 97.5 cm³/mol. The van der Waals surface area contributed by atoms with E-state index in [1.807, 2.05) is 30.5 Å². The maximum atomic E-state index is 13.6. The van der Waals surface area contributed by atoms with E-state index in [0.29, 0.717) is 12.3 Å². The summed E-state index contributed by atoms with van der Waals surface area (Å²) in [5, 5.41) is 10.7. The van der Waals surface area contributed by atoms with Gasteiger partial charge in [-0.2, -0.15) is 5.10 Å². The highest BCUT2D eigenvalue weighted by Gasteiger charge is 2.20. The molecule has 0 fully saturated rings. The summed E-state index contributed by atoms with van der Waals surface area (Å²) in [6.45, 7) is 7.10. The first-order valence-electron chi connectivity index (χ1n) is 8.23. The number of H-pyrrole nitrogens is 1. The molecule has 2 N–H and O–H groups in total. The molecular formula is C20H22FN3O. The van der Waals surface area contributed by atoms with E-state index >= 15 is 0 Å². The molecule has 3 rings (SSSR count). The molecule has 1 aromatic heterocycles. The summed E-state index contributed by atoms with van der Waals surface area (Å²) in [7, 11) is 0. The third-order valence-electron chi connectivity index (χ3n) is 3.83. The van der Waals surface area contributed by atoms with Crippen molar-refractivity contribution < 1.29 is 9.13 Å². The van der Waals surface area contributed by atoms with E-state index in [-0.39, 0.29) is 17.0 Å². The quantitative estimate of drug-likeness (QED) is 0.667. The minimum atomic E-state index is -0.376. The fraction of sp³-hybridized carbons (Fsp3) is 0.250. The van der Waals surface area contributed by atoms with E-state index in [9.17, 15) is 4.39 Å². The summed E-state index contributed by atoms with van der Waals surface area (Å²) >= 11 is 0.